The van der Waals surface area contributed by atoms with Gasteiger partial charge in [-0.05, 0) is 49.6 Å². The molecule has 0 spiro atoms. The second kappa shape index (κ2) is 4.45. The van der Waals surface area contributed by atoms with Crippen LogP contribution in [-0.4, -0.2) is 5.91 Å². The minimum atomic E-state index is -0.216. The lowest BCUT2D eigenvalue weighted by Crippen LogP contribution is -2.11. The molecule has 0 aliphatic rings. The molecule has 0 saturated carbocycles. The minimum absolute atomic E-state index is 0.216. The Bertz CT molecular complexity index is 555. The van der Waals surface area contributed by atoms with Crippen LogP contribution in [-0.2, 0) is 0 Å². The molecule has 0 fully saturated rings. The fourth-order valence-corrected chi connectivity index (χ4v) is 1.60. The summed E-state index contributed by atoms with van der Waals surface area (Å²) >= 11 is 0. The first-order valence-electron chi connectivity index (χ1n) is 5.50. The first-order chi connectivity index (χ1) is 8.06. The maximum Gasteiger partial charge on any atom is 0.291 e. The van der Waals surface area contributed by atoms with Crippen molar-refractivity contribution in [2.24, 2.45) is 0 Å². The summed E-state index contributed by atoms with van der Waals surface area (Å²) in [4.78, 5) is 11.9. The van der Waals surface area contributed by atoms with Crippen molar-refractivity contribution in [2.75, 3.05) is 5.32 Å². The van der Waals surface area contributed by atoms with E-state index in [-0.39, 0.29) is 5.91 Å². The summed E-state index contributed by atoms with van der Waals surface area (Å²) in [6, 6.07) is 7.67. The number of amides is 1. The first-order valence-corrected chi connectivity index (χ1v) is 5.50. The van der Waals surface area contributed by atoms with Gasteiger partial charge in [0.1, 0.15) is 0 Å². The van der Waals surface area contributed by atoms with Gasteiger partial charge in [0, 0.05) is 5.69 Å². The number of carbonyl (C=O) groups excluding carboxylic acids is 1. The zero-order chi connectivity index (χ0) is 12.4. The van der Waals surface area contributed by atoms with E-state index in [9.17, 15) is 4.79 Å². The lowest BCUT2D eigenvalue weighted by Gasteiger charge is -2.07. The van der Waals surface area contributed by atoms with Gasteiger partial charge in [-0.1, -0.05) is 12.1 Å². The van der Waals surface area contributed by atoms with Gasteiger partial charge >= 0.3 is 0 Å². The lowest BCUT2D eigenvalue weighted by molar-refractivity contribution is 0.0996. The van der Waals surface area contributed by atoms with Gasteiger partial charge < -0.3 is 9.73 Å². The highest BCUT2D eigenvalue weighted by molar-refractivity contribution is 6.02. The molecule has 17 heavy (non-hydrogen) atoms. The second-order valence-electron chi connectivity index (χ2n) is 4.26. The van der Waals surface area contributed by atoms with Crippen molar-refractivity contribution in [3.63, 3.8) is 0 Å². The van der Waals surface area contributed by atoms with Crippen molar-refractivity contribution >= 4 is 11.6 Å². The Morgan fingerprint density at radius 3 is 2.53 bits per heavy atom. The Morgan fingerprint density at radius 1 is 1.12 bits per heavy atom. The maximum atomic E-state index is 11.9. The Hall–Kier alpha value is -2.03. The van der Waals surface area contributed by atoms with Crippen molar-refractivity contribution in [3.8, 4) is 0 Å². The van der Waals surface area contributed by atoms with E-state index in [0.717, 1.165) is 22.4 Å². The number of furan rings is 1. The van der Waals surface area contributed by atoms with Crippen LogP contribution in [0.4, 0.5) is 5.69 Å². The van der Waals surface area contributed by atoms with Crippen LogP contribution >= 0.6 is 0 Å². The van der Waals surface area contributed by atoms with Gasteiger partial charge in [0.15, 0.2) is 5.76 Å². The minimum Gasteiger partial charge on any atom is -0.459 e. The van der Waals surface area contributed by atoms with Crippen molar-refractivity contribution in [3.05, 3.63) is 53.0 Å². The fraction of sp³-hybridized carbons (Fsp3) is 0.214. The quantitative estimate of drug-likeness (QED) is 0.856. The number of anilines is 1. The van der Waals surface area contributed by atoms with E-state index >= 15 is 0 Å². The standard InChI is InChI=1S/C14H15NO2/c1-9-4-5-11(3)12(6-9)15-14(16)13-7-10(2)8-17-13/h4-8H,1-3H3,(H,15,16). The summed E-state index contributed by atoms with van der Waals surface area (Å²) in [7, 11) is 0. The normalized spacial score (nSPS) is 10.3. The molecular formula is C14H15NO2. The van der Waals surface area contributed by atoms with Gasteiger partial charge in [-0.2, -0.15) is 0 Å². The van der Waals surface area contributed by atoms with Crippen molar-refractivity contribution in [2.45, 2.75) is 20.8 Å². The third kappa shape index (κ3) is 2.56. The summed E-state index contributed by atoms with van der Waals surface area (Å²) in [6.07, 6.45) is 1.57. The largest absolute Gasteiger partial charge is 0.459 e. The third-order valence-corrected chi connectivity index (χ3v) is 2.60. The highest BCUT2D eigenvalue weighted by atomic mass is 16.3. The monoisotopic (exact) mass is 229 g/mol. The molecule has 1 aromatic heterocycles. The Labute approximate surface area is 100 Å². The highest BCUT2D eigenvalue weighted by Crippen LogP contribution is 2.18. The molecule has 2 rings (SSSR count). The van der Waals surface area contributed by atoms with Crippen LogP contribution in [0.3, 0.4) is 0 Å². The Morgan fingerprint density at radius 2 is 1.88 bits per heavy atom. The van der Waals surface area contributed by atoms with Crippen LogP contribution in [0.1, 0.15) is 27.2 Å². The van der Waals surface area contributed by atoms with E-state index in [1.807, 2.05) is 39.0 Å². The van der Waals surface area contributed by atoms with Gasteiger partial charge in [0.05, 0.1) is 6.26 Å². The van der Waals surface area contributed by atoms with Crippen LogP contribution in [0.25, 0.3) is 0 Å². The van der Waals surface area contributed by atoms with E-state index in [1.54, 1.807) is 12.3 Å². The summed E-state index contributed by atoms with van der Waals surface area (Å²) in [5.74, 6) is 0.121. The molecule has 1 amide bonds. The number of rotatable bonds is 2. The van der Waals surface area contributed by atoms with Crippen LogP contribution in [0.15, 0.2) is 34.9 Å². The molecule has 1 heterocycles. The smallest absolute Gasteiger partial charge is 0.291 e. The molecule has 88 valence electrons. The number of hydrogen-bond donors (Lipinski definition) is 1. The Balaban J connectivity index is 2.21. The van der Waals surface area contributed by atoms with Crippen molar-refractivity contribution in [1.29, 1.82) is 0 Å². The van der Waals surface area contributed by atoms with Gasteiger partial charge in [-0.3, -0.25) is 4.79 Å². The summed E-state index contributed by atoms with van der Waals surface area (Å²) in [5.41, 5.74) is 3.91. The van der Waals surface area contributed by atoms with E-state index in [0.29, 0.717) is 5.76 Å². The molecule has 3 nitrogen and oxygen atoms in total. The molecular weight excluding hydrogens is 214 g/mol. The topological polar surface area (TPSA) is 42.2 Å². The van der Waals surface area contributed by atoms with Crippen molar-refractivity contribution < 1.29 is 9.21 Å². The van der Waals surface area contributed by atoms with Crippen molar-refractivity contribution in [1.82, 2.24) is 0 Å². The predicted molar refractivity (Wildman–Crippen MR) is 67.3 cm³/mol. The summed E-state index contributed by atoms with van der Waals surface area (Å²) in [6.45, 7) is 5.84. The maximum absolute atomic E-state index is 11.9. The molecule has 0 unspecified atom stereocenters. The molecule has 3 heteroatoms. The van der Waals surface area contributed by atoms with E-state index in [1.165, 1.54) is 0 Å². The lowest BCUT2D eigenvalue weighted by atomic mass is 10.1. The van der Waals surface area contributed by atoms with Gasteiger partial charge in [-0.15, -0.1) is 0 Å². The molecule has 0 radical (unpaired) electrons. The number of aryl methyl sites for hydroxylation is 3. The van der Waals surface area contributed by atoms with Crippen LogP contribution in [0.2, 0.25) is 0 Å². The molecule has 0 aliphatic heterocycles. The molecule has 0 aliphatic carbocycles. The summed E-state index contributed by atoms with van der Waals surface area (Å²) < 4.78 is 5.16. The van der Waals surface area contributed by atoms with Gasteiger partial charge in [0.25, 0.3) is 5.91 Å². The highest BCUT2D eigenvalue weighted by Gasteiger charge is 2.11. The third-order valence-electron chi connectivity index (χ3n) is 2.60. The van der Waals surface area contributed by atoms with Crippen LogP contribution in [0, 0.1) is 20.8 Å². The van der Waals surface area contributed by atoms with E-state index in [4.69, 9.17) is 4.42 Å². The second-order valence-corrected chi connectivity index (χ2v) is 4.26. The molecule has 2 aromatic rings. The number of carbonyl (C=O) groups is 1. The molecule has 1 N–H and O–H groups in total. The fourth-order valence-electron chi connectivity index (χ4n) is 1.60. The number of benzene rings is 1. The number of hydrogen-bond acceptors (Lipinski definition) is 2. The zero-order valence-corrected chi connectivity index (χ0v) is 10.2. The molecule has 0 atom stereocenters. The Kier molecular flexibility index (Phi) is 3.00. The predicted octanol–water partition coefficient (Wildman–Crippen LogP) is 3.46. The number of nitrogens with one attached hydrogen (secondary N) is 1. The SMILES string of the molecule is Cc1coc(C(=O)Nc2cc(C)ccc2C)c1. The average Bonchev–Trinajstić information content (AvgIpc) is 2.70. The van der Waals surface area contributed by atoms with E-state index < -0.39 is 0 Å². The first kappa shape index (κ1) is 11.5. The van der Waals surface area contributed by atoms with E-state index in [2.05, 4.69) is 5.32 Å². The average molecular weight is 229 g/mol. The van der Waals surface area contributed by atoms with Crippen LogP contribution in [0.5, 0.6) is 0 Å². The van der Waals surface area contributed by atoms with Gasteiger partial charge in [-0.25, -0.2) is 0 Å². The van der Waals surface area contributed by atoms with Gasteiger partial charge in [0.2, 0.25) is 0 Å². The molecule has 1 aromatic carbocycles. The summed E-state index contributed by atoms with van der Waals surface area (Å²) in [5, 5.41) is 2.85. The molecule has 0 saturated heterocycles. The zero-order valence-electron chi connectivity index (χ0n) is 10.2. The van der Waals surface area contributed by atoms with Crippen LogP contribution < -0.4 is 5.32 Å². The molecule has 0 bridgehead atoms.